The molecule has 164 valence electrons. The molecule has 0 saturated carbocycles. The molecule has 0 heterocycles. The molecule has 0 spiro atoms. The van der Waals surface area contributed by atoms with Gasteiger partial charge in [-0.25, -0.2) is 0 Å². The number of anilines is 2. The van der Waals surface area contributed by atoms with Crippen LogP contribution in [0.15, 0.2) is 78.9 Å². The predicted molar refractivity (Wildman–Crippen MR) is 131 cm³/mol. The SMILES string of the molecule is CCC(C)Oc1ccc(C(=O)NC(=S)Nc2ccccc2C(=O)Nc2ccccc2)cc1. The molecule has 0 aliphatic carbocycles. The molecule has 7 heteroatoms. The second-order valence-corrected chi connectivity index (χ2v) is 7.54. The largest absolute Gasteiger partial charge is 0.491 e. The highest BCUT2D eigenvalue weighted by molar-refractivity contribution is 7.80. The number of benzene rings is 3. The highest BCUT2D eigenvalue weighted by Gasteiger charge is 2.14. The maximum absolute atomic E-state index is 12.7. The minimum atomic E-state index is -0.358. The third-order valence-electron chi connectivity index (χ3n) is 4.71. The number of amides is 2. The molecule has 0 aliphatic heterocycles. The second-order valence-electron chi connectivity index (χ2n) is 7.14. The highest BCUT2D eigenvalue weighted by Crippen LogP contribution is 2.18. The molecular formula is C25H25N3O3S. The summed E-state index contributed by atoms with van der Waals surface area (Å²) in [5, 5.41) is 8.51. The first kappa shape index (κ1) is 23.0. The van der Waals surface area contributed by atoms with Gasteiger partial charge in [0.15, 0.2) is 5.11 Å². The van der Waals surface area contributed by atoms with Crippen molar-refractivity contribution in [1.82, 2.24) is 5.32 Å². The van der Waals surface area contributed by atoms with Crippen molar-refractivity contribution in [2.24, 2.45) is 0 Å². The number of nitrogens with one attached hydrogen (secondary N) is 3. The highest BCUT2D eigenvalue weighted by atomic mass is 32.1. The summed E-state index contributed by atoms with van der Waals surface area (Å²) in [5.41, 5.74) is 2.02. The molecule has 1 atom stereocenters. The number of carbonyl (C=O) groups is 2. The van der Waals surface area contributed by atoms with E-state index in [2.05, 4.69) is 16.0 Å². The topological polar surface area (TPSA) is 79.5 Å². The number of thiocarbonyl (C=S) groups is 1. The van der Waals surface area contributed by atoms with Crippen molar-refractivity contribution in [3.05, 3.63) is 90.0 Å². The zero-order valence-corrected chi connectivity index (χ0v) is 18.7. The van der Waals surface area contributed by atoms with Gasteiger partial charge in [0, 0.05) is 11.3 Å². The Bertz CT molecular complexity index is 1090. The van der Waals surface area contributed by atoms with Gasteiger partial charge < -0.3 is 15.4 Å². The summed E-state index contributed by atoms with van der Waals surface area (Å²) >= 11 is 5.29. The van der Waals surface area contributed by atoms with Gasteiger partial charge in [0.25, 0.3) is 11.8 Å². The Balaban J connectivity index is 1.62. The summed E-state index contributed by atoms with van der Waals surface area (Å²) in [6.45, 7) is 4.03. The van der Waals surface area contributed by atoms with Gasteiger partial charge in [0.2, 0.25) is 0 Å². The van der Waals surface area contributed by atoms with E-state index < -0.39 is 0 Å². The summed E-state index contributed by atoms with van der Waals surface area (Å²) < 4.78 is 5.73. The van der Waals surface area contributed by atoms with Crippen molar-refractivity contribution >= 4 is 40.5 Å². The fraction of sp³-hybridized carbons (Fsp3) is 0.160. The van der Waals surface area contributed by atoms with Gasteiger partial charge in [0.1, 0.15) is 5.75 Å². The zero-order valence-electron chi connectivity index (χ0n) is 17.9. The molecule has 0 fully saturated rings. The zero-order chi connectivity index (χ0) is 22.9. The van der Waals surface area contributed by atoms with Crippen LogP contribution in [0.3, 0.4) is 0 Å². The van der Waals surface area contributed by atoms with Gasteiger partial charge in [-0.05, 0) is 74.1 Å². The van der Waals surface area contributed by atoms with Crippen LogP contribution in [0, 0.1) is 0 Å². The summed E-state index contributed by atoms with van der Waals surface area (Å²) in [7, 11) is 0. The molecule has 3 N–H and O–H groups in total. The molecule has 3 rings (SSSR count). The van der Waals surface area contributed by atoms with E-state index in [9.17, 15) is 9.59 Å². The Kier molecular flexibility index (Phi) is 7.94. The quantitative estimate of drug-likeness (QED) is 0.432. The van der Waals surface area contributed by atoms with Crippen molar-refractivity contribution in [3.8, 4) is 5.75 Å². The number of ether oxygens (including phenoxy) is 1. The molecule has 0 bridgehead atoms. The molecule has 0 saturated heterocycles. The number of para-hydroxylation sites is 2. The maximum Gasteiger partial charge on any atom is 0.257 e. The summed E-state index contributed by atoms with van der Waals surface area (Å²) in [5.74, 6) is 0.0593. The van der Waals surface area contributed by atoms with Crippen molar-refractivity contribution < 1.29 is 14.3 Å². The Morgan fingerprint density at radius 2 is 1.53 bits per heavy atom. The minimum absolute atomic E-state index is 0.0925. The fourth-order valence-corrected chi connectivity index (χ4v) is 3.04. The van der Waals surface area contributed by atoms with Gasteiger partial charge in [-0.1, -0.05) is 37.3 Å². The van der Waals surface area contributed by atoms with Gasteiger partial charge in [0.05, 0.1) is 17.4 Å². The van der Waals surface area contributed by atoms with Crippen molar-refractivity contribution in [2.45, 2.75) is 26.4 Å². The third kappa shape index (κ3) is 6.39. The van der Waals surface area contributed by atoms with E-state index in [1.165, 1.54) is 0 Å². The second kappa shape index (κ2) is 11.1. The molecule has 2 amide bonds. The molecule has 3 aromatic rings. The molecule has 0 aromatic heterocycles. The summed E-state index contributed by atoms with van der Waals surface area (Å²) in [6, 6.07) is 23.0. The molecule has 3 aromatic carbocycles. The van der Waals surface area contributed by atoms with Crippen LogP contribution in [-0.2, 0) is 0 Å². The minimum Gasteiger partial charge on any atom is -0.491 e. The van der Waals surface area contributed by atoms with Crippen LogP contribution in [0.2, 0.25) is 0 Å². The first-order valence-corrected chi connectivity index (χ1v) is 10.7. The standard InChI is InChI=1S/C25H25N3O3S/c1-3-17(2)31-20-15-13-18(14-16-20)23(29)28-25(32)27-22-12-8-7-11-21(22)24(30)26-19-9-5-4-6-10-19/h4-17H,3H2,1-2H3,(H,26,30)(H2,27,28,29,32). The molecule has 32 heavy (non-hydrogen) atoms. The number of rotatable bonds is 7. The molecule has 0 radical (unpaired) electrons. The van der Waals surface area contributed by atoms with Crippen molar-refractivity contribution in [3.63, 3.8) is 0 Å². The summed E-state index contributed by atoms with van der Waals surface area (Å²) in [6.07, 6.45) is 0.998. The van der Waals surface area contributed by atoms with Crippen molar-refractivity contribution in [1.29, 1.82) is 0 Å². The van der Waals surface area contributed by atoms with Crippen molar-refractivity contribution in [2.75, 3.05) is 10.6 Å². The average molecular weight is 448 g/mol. The lowest BCUT2D eigenvalue weighted by Crippen LogP contribution is -2.34. The Morgan fingerprint density at radius 3 is 2.22 bits per heavy atom. The van der Waals surface area contributed by atoms with Crippen LogP contribution < -0.4 is 20.7 Å². The van der Waals surface area contributed by atoms with E-state index in [4.69, 9.17) is 17.0 Å². The number of carbonyl (C=O) groups excluding carboxylic acids is 2. The predicted octanol–water partition coefficient (Wildman–Crippen LogP) is 5.24. The smallest absolute Gasteiger partial charge is 0.257 e. The van der Waals surface area contributed by atoms with E-state index in [-0.39, 0.29) is 23.0 Å². The Labute approximate surface area is 193 Å². The lowest BCUT2D eigenvalue weighted by Gasteiger charge is -2.14. The van der Waals surface area contributed by atoms with Gasteiger partial charge in [-0.15, -0.1) is 0 Å². The van der Waals surface area contributed by atoms with Crippen LogP contribution in [0.1, 0.15) is 41.0 Å². The lowest BCUT2D eigenvalue weighted by molar-refractivity contribution is 0.0976. The number of hydrogen-bond acceptors (Lipinski definition) is 4. The summed E-state index contributed by atoms with van der Waals surface area (Å²) in [4.78, 5) is 25.2. The van der Waals surface area contributed by atoms with Crippen LogP contribution in [0.25, 0.3) is 0 Å². The van der Waals surface area contributed by atoms with E-state index in [0.29, 0.717) is 28.3 Å². The normalized spacial score (nSPS) is 11.2. The molecule has 0 aliphatic rings. The van der Waals surface area contributed by atoms with E-state index in [1.54, 1.807) is 60.7 Å². The monoisotopic (exact) mass is 447 g/mol. The Morgan fingerprint density at radius 1 is 0.875 bits per heavy atom. The van der Waals surface area contributed by atoms with E-state index in [0.717, 1.165) is 6.42 Å². The van der Waals surface area contributed by atoms with Crippen LogP contribution in [0.5, 0.6) is 5.75 Å². The molecule has 1 unspecified atom stereocenters. The third-order valence-corrected chi connectivity index (χ3v) is 4.91. The van der Waals surface area contributed by atoms with Gasteiger partial charge in [-0.3, -0.25) is 14.9 Å². The molecule has 6 nitrogen and oxygen atoms in total. The Hall–Kier alpha value is -3.71. The number of hydrogen-bond donors (Lipinski definition) is 3. The van der Waals surface area contributed by atoms with Gasteiger partial charge in [-0.2, -0.15) is 0 Å². The van der Waals surface area contributed by atoms with Crippen LogP contribution >= 0.6 is 12.2 Å². The van der Waals surface area contributed by atoms with Crippen LogP contribution in [0.4, 0.5) is 11.4 Å². The van der Waals surface area contributed by atoms with Crippen LogP contribution in [-0.4, -0.2) is 23.0 Å². The lowest BCUT2D eigenvalue weighted by atomic mass is 10.1. The maximum atomic E-state index is 12.7. The molecular weight excluding hydrogens is 422 g/mol. The average Bonchev–Trinajstić information content (AvgIpc) is 2.80. The fourth-order valence-electron chi connectivity index (χ4n) is 2.84. The first-order valence-electron chi connectivity index (χ1n) is 10.3. The van der Waals surface area contributed by atoms with E-state index >= 15 is 0 Å². The van der Waals surface area contributed by atoms with E-state index in [1.807, 2.05) is 32.0 Å². The first-order chi connectivity index (χ1) is 15.5. The van der Waals surface area contributed by atoms with Gasteiger partial charge >= 0.3 is 0 Å².